The Balaban J connectivity index is 0.689. The van der Waals surface area contributed by atoms with Crippen LogP contribution < -0.4 is 0 Å². The van der Waals surface area contributed by atoms with Gasteiger partial charge in [-0.2, -0.15) is 0 Å². The fourth-order valence-corrected chi connectivity index (χ4v) is 19.9. The maximum Gasteiger partial charge on any atom is 0.315 e. The number of hydrogen-bond acceptors (Lipinski definition) is 34. The van der Waals surface area contributed by atoms with E-state index in [4.69, 9.17) is 66.3 Å². The lowest BCUT2D eigenvalue weighted by Crippen LogP contribution is -2.66. The summed E-state index contributed by atoms with van der Waals surface area (Å²) in [7, 11) is 0. The van der Waals surface area contributed by atoms with Crippen molar-refractivity contribution in [2.24, 2.45) is 50.2 Å². The zero-order chi connectivity index (χ0) is 74.9. The molecule has 12 rings (SSSR count). The van der Waals surface area contributed by atoms with Crippen molar-refractivity contribution in [3.05, 3.63) is 11.6 Å². The highest BCUT2D eigenvalue weighted by Gasteiger charge is 2.71. The number of carbonyl (C=O) groups is 1. The predicted octanol–water partition coefficient (Wildman–Crippen LogP) is -5.62. The van der Waals surface area contributed by atoms with Crippen molar-refractivity contribution in [1.29, 1.82) is 0 Å². The Bertz CT molecular complexity index is 2910. The lowest BCUT2D eigenvalue weighted by atomic mass is 9.33. The third-order valence-corrected chi connectivity index (χ3v) is 26.5. The van der Waals surface area contributed by atoms with Crippen molar-refractivity contribution in [2.75, 3.05) is 39.6 Å². The average Bonchev–Trinajstić information content (AvgIpc) is 0.675. The molecule has 0 aromatic carbocycles. The summed E-state index contributed by atoms with van der Waals surface area (Å²) in [6.07, 6.45) is -44.8. The van der Waals surface area contributed by atoms with Gasteiger partial charge in [0.2, 0.25) is 6.29 Å². The number of aliphatic hydroxyl groups is 19. The zero-order valence-electron chi connectivity index (χ0n) is 59.3. The number of aliphatic hydroxyl groups excluding tert-OH is 19. The summed E-state index contributed by atoms with van der Waals surface area (Å²) in [6.45, 7) is 13.7. The molecule has 12 aliphatic rings. The lowest BCUT2D eigenvalue weighted by Gasteiger charge is -2.71. The molecule has 7 heterocycles. The minimum atomic E-state index is -1.98. The van der Waals surface area contributed by atoms with Gasteiger partial charge in [-0.15, -0.1) is 0 Å². The van der Waals surface area contributed by atoms with E-state index in [0.717, 1.165) is 19.3 Å². The second-order valence-electron chi connectivity index (χ2n) is 33.4. The van der Waals surface area contributed by atoms with Crippen LogP contribution in [0, 0.1) is 50.2 Å². The standard InChI is InChI=1S/C69H112O34/c1-26-38(74)54(101-58-48(84)43(79)34(25-93-58)97-59-51(87)46(82)53(32(21-71)96-59)100-57-47(83)39(75)29(72)22-90-57)52(88)61(94-26)102-55-40(76)30(73)23-91-62(55)99-37-12-13-66(6)35(65(37,4)5)11-14-68(8)36(66)10-9-27-28-19-64(2,3)15-17-69(28,18-16-67(27,68)7)63(89)103-60-50(86)45(81)42(78)33(98-60)24-92-56-49(85)44(80)41(77)31(20-70)95-56/h9,26,28-62,70-88H,10-25H2,1-8H3/t26-,28-,29+,30-,31+,32+,33+,34+,35?,36?,37-,38-,39-,40-,41+,42+,43-,44-,45-,46+,47+,48+,49+,50+,51+,52+,53+,54+,55+,56+,57-,58-,59-,60-,61-,62-,66-,67+,68+,69-/m0/s1. The fraction of sp³-hybridized carbons (Fsp3) is 0.957. The fourth-order valence-electron chi connectivity index (χ4n) is 19.9. The van der Waals surface area contributed by atoms with Crippen LogP contribution in [0.2, 0.25) is 0 Å². The van der Waals surface area contributed by atoms with Crippen LogP contribution in [-0.4, -0.2) is 345 Å². The van der Waals surface area contributed by atoms with Crippen LogP contribution in [0.3, 0.4) is 0 Å². The van der Waals surface area contributed by atoms with E-state index < -0.39 is 258 Å². The molecule has 19 N–H and O–H groups in total. The summed E-state index contributed by atoms with van der Waals surface area (Å²) >= 11 is 0. The molecule has 7 aliphatic heterocycles. The van der Waals surface area contributed by atoms with Gasteiger partial charge in [0.05, 0.1) is 57.3 Å². The number of ether oxygens (including phenoxy) is 14. The maximum absolute atomic E-state index is 15.2. The smallest absolute Gasteiger partial charge is 0.315 e. The molecule has 0 bridgehead atoms. The molecule has 40 atom stereocenters. The molecule has 0 aromatic rings. The van der Waals surface area contributed by atoms with Gasteiger partial charge in [-0.3, -0.25) is 4.79 Å². The molecule has 592 valence electrons. The third kappa shape index (κ3) is 14.3. The van der Waals surface area contributed by atoms with Crippen molar-refractivity contribution in [3.63, 3.8) is 0 Å². The SMILES string of the molecule is C[C@@H]1O[C@@H](O[C@H]2[C@H](O[C@H]3CC[C@@]4(C)C(CC[C@]5(C)C4CC=C4[C@@H]6CC(C)(C)CC[C@]6(C(=O)O[C@@H]6O[C@H](CO[C@@H]7O[C@H](CO)[C@@H](O)[C@H](O)[C@H]7O)[C@@H](O)[C@H](O)[C@H]6O)CC[C@]45C)C3(C)C)OC[C@H](O)[C@@H]2O)[C@H](O)[C@H](O[C@@H]2OC[C@@H](O[C@@H]3O[C@H](CO)[C@@H](O[C@@H]4OC[C@@H](O)[C@H](O)[C@H]4O)[C@H](O)[C@H]3O)[C@H](O)[C@H]2O)[C@H]1O. The average molecular weight is 1490 g/mol. The Labute approximate surface area is 596 Å². The van der Waals surface area contributed by atoms with Gasteiger partial charge in [-0.05, 0) is 116 Å². The molecule has 34 nitrogen and oxygen atoms in total. The third-order valence-electron chi connectivity index (χ3n) is 26.5. The second kappa shape index (κ2) is 30.5. The largest absolute Gasteiger partial charge is 0.432 e. The monoisotopic (exact) mass is 1480 g/mol. The van der Waals surface area contributed by atoms with Gasteiger partial charge >= 0.3 is 5.97 Å². The molecule has 0 aromatic heterocycles. The van der Waals surface area contributed by atoms with E-state index in [-0.39, 0.29) is 40.6 Å². The first-order valence-electron chi connectivity index (χ1n) is 36.4. The van der Waals surface area contributed by atoms with Crippen LogP contribution in [-0.2, 0) is 71.1 Å². The van der Waals surface area contributed by atoms with Crippen LogP contribution in [0.15, 0.2) is 11.6 Å². The van der Waals surface area contributed by atoms with Crippen LogP contribution in [0.1, 0.15) is 120 Å². The quantitative estimate of drug-likeness (QED) is 0.0367. The number of hydrogen-bond donors (Lipinski definition) is 19. The first kappa shape index (κ1) is 80.4. The summed E-state index contributed by atoms with van der Waals surface area (Å²) in [6, 6.07) is 0. The van der Waals surface area contributed by atoms with Gasteiger partial charge in [-0.1, -0.05) is 60.1 Å². The van der Waals surface area contributed by atoms with Crippen molar-refractivity contribution in [2.45, 2.75) is 322 Å². The van der Waals surface area contributed by atoms with Crippen LogP contribution in [0.5, 0.6) is 0 Å². The molecule has 11 fully saturated rings. The molecule has 5 aliphatic carbocycles. The van der Waals surface area contributed by atoms with Crippen LogP contribution in [0.4, 0.5) is 0 Å². The molecule has 0 radical (unpaired) electrons. The number of carbonyl (C=O) groups excluding carboxylic acids is 1. The molecule has 103 heavy (non-hydrogen) atoms. The molecular formula is C69H112O34. The number of rotatable bonds is 17. The molecule has 0 amide bonds. The number of fused-ring (bicyclic) bond motifs is 7. The van der Waals surface area contributed by atoms with Crippen molar-refractivity contribution in [1.82, 2.24) is 0 Å². The predicted molar refractivity (Wildman–Crippen MR) is 341 cm³/mol. The minimum absolute atomic E-state index is 0.0728. The van der Waals surface area contributed by atoms with Gasteiger partial charge in [0.25, 0.3) is 0 Å². The summed E-state index contributed by atoms with van der Waals surface area (Å²) in [5.41, 5.74) is -1.51. The van der Waals surface area contributed by atoms with Gasteiger partial charge in [0.1, 0.15) is 146 Å². The molecule has 2 unspecified atom stereocenters. The van der Waals surface area contributed by atoms with Crippen molar-refractivity contribution in [3.8, 4) is 0 Å². The van der Waals surface area contributed by atoms with E-state index in [1.807, 2.05) is 0 Å². The van der Waals surface area contributed by atoms with Gasteiger partial charge < -0.3 is 163 Å². The Morgan fingerprint density at radius 2 is 1.02 bits per heavy atom. The maximum atomic E-state index is 15.2. The summed E-state index contributed by atoms with van der Waals surface area (Å²) in [4.78, 5) is 15.2. The van der Waals surface area contributed by atoms with Crippen LogP contribution >= 0.6 is 0 Å². The van der Waals surface area contributed by atoms with E-state index in [9.17, 15) is 97.0 Å². The van der Waals surface area contributed by atoms with Gasteiger partial charge in [0.15, 0.2) is 37.7 Å². The molecule has 7 saturated heterocycles. The number of esters is 1. The highest BCUT2D eigenvalue weighted by molar-refractivity contribution is 5.79. The van der Waals surface area contributed by atoms with E-state index in [1.165, 1.54) is 12.5 Å². The first-order valence-corrected chi connectivity index (χ1v) is 36.4. The number of allylic oxidation sites excluding steroid dienone is 2. The summed E-state index contributed by atoms with van der Waals surface area (Å²) in [5, 5.41) is 206. The molecule has 4 saturated carbocycles. The Morgan fingerprint density at radius 1 is 0.466 bits per heavy atom. The summed E-state index contributed by atoms with van der Waals surface area (Å²) in [5.74, 6) is -0.653. The second-order valence-corrected chi connectivity index (χ2v) is 33.4. The molecule has 34 heteroatoms. The Kier molecular flexibility index (Phi) is 23.9. The van der Waals surface area contributed by atoms with E-state index >= 15 is 4.79 Å². The van der Waals surface area contributed by atoms with Gasteiger partial charge in [0, 0.05) is 0 Å². The minimum Gasteiger partial charge on any atom is -0.432 e. The Hall–Kier alpha value is -2.07. The van der Waals surface area contributed by atoms with Crippen molar-refractivity contribution < 1.29 is 168 Å². The lowest BCUT2D eigenvalue weighted by molar-refractivity contribution is -0.385. The first-order chi connectivity index (χ1) is 48.4. The highest BCUT2D eigenvalue weighted by atomic mass is 16.8. The summed E-state index contributed by atoms with van der Waals surface area (Å²) < 4.78 is 82.8. The van der Waals surface area contributed by atoms with Crippen molar-refractivity contribution >= 4 is 5.97 Å². The zero-order valence-corrected chi connectivity index (χ0v) is 59.3. The molecular weight excluding hydrogens is 1370 g/mol. The van der Waals surface area contributed by atoms with E-state index in [1.54, 1.807) is 0 Å². The van der Waals surface area contributed by atoms with Crippen LogP contribution in [0.25, 0.3) is 0 Å². The topological polar surface area (TPSA) is 531 Å². The van der Waals surface area contributed by atoms with E-state index in [0.29, 0.717) is 44.9 Å². The highest BCUT2D eigenvalue weighted by Crippen LogP contribution is 2.76. The van der Waals surface area contributed by atoms with E-state index in [2.05, 4.69) is 54.5 Å². The molecule has 0 spiro atoms. The van der Waals surface area contributed by atoms with Gasteiger partial charge in [-0.25, -0.2) is 0 Å². The Morgan fingerprint density at radius 3 is 1.70 bits per heavy atom. The normalized spacial score (nSPS) is 54.3.